The minimum Gasteiger partial charge on any atom is -0.497 e. The van der Waals surface area contributed by atoms with Gasteiger partial charge < -0.3 is 29.6 Å². The van der Waals surface area contributed by atoms with E-state index in [1.807, 2.05) is 53.1 Å². The largest absolute Gasteiger partial charge is 0.497 e. The summed E-state index contributed by atoms with van der Waals surface area (Å²) in [5.74, 6) is 0.476. The summed E-state index contributed by atoms with van der Waals surface area (Å²) in [7, 11) is 4.80. The molecule has 0 radical (unpaired) electrons. The van der Waals surface area contributed by atoms with Crippen LogP contribution in [-0.2, 0) is 22.6 Å². The van der Waals surface area contributed by atoms with Gasteiger partial charge in [-0.1, -0.05) is 18.2 Å². The van der Waals surface area contributed by atoms with Gasteiger partial charge in [0.15, 0.2) is 0 Å². The number of nitrogens with one attached hydrogen (secondary N) is 2. The molecule has 9 nitrogen and oxygen atoms in total. The van der Waals surface area contributed by atoms with Gasteiger partial charge in [0, 0.05) is 24.5 Å². The molecule has 0 aliphatic carbocycles. The first kappa shape index (κ1) is 24.1. The Morgan fingerprint density at radius 1 is 1.06 bits per heavy atom. The van der Waals surface area contributed by atoms with E-state index in [1.54, 1.807) is 28.2 Å². The molecule has 0 saturated heterocycles. The predicted octanol–water partition coefficient (Wildman–Crippen LogP) is 1.98. The molecule has 2 aromatic carbocycles. The van der Waals surface area contributed by atoms with Crippen molar-refractivity contribution in [1.29, 1.82) is 0 Å². The van der Waals surface area contributed by atoms with Gasteiger partial charge in [-0.2, -0.15) is 0 Å². The van der Waals surface area contributed by atoms with E-state index in [0.717, 1.165) is 16.5 Å². The Hall–Kier alpha value is -4.01. The van der Waals surface area contributed by atoms with E-state index in [2.05, 4.69) is 10.6 Å². The third-order valence-corrected chi connectivity index (χ3v) is 6.64. The molecule has 4 rings (SSSR count). The number of fused-ring (bicyclic) bond motifs is 3. The molecule has 9 heteroatoms. The van der Waals surface area contributed by atoms with Crippen LogP contribution in [0.4, 0.5) is 0 Å². The van der Waals surface area contributed by atoms with Crippen LogP contribution >= 0.6 is 0 Å². The van der Waals surface area contributed by atoms with Gasteiger partial charge in [-0.05, 0) is 49.2 Å². The number of nitrogens with zero attached hydrogens (tertiary/aromatic N) is 2. The van der Waals surface area contributed by atoms with Gasteiger partial charge in [0.05, 0.1) is 27.3 Å². The molecule has 3 aromatic rings. The third kappa shape index (κ3) is 4.53. The molecule has 3 amide bonds. The molecule has 0 spiro atoms. The molecule has 0 saturated carbocycles. The maximum Gasteiger partial charge on any atom is 0.271 e. The van der Waals surface area contributed by atoms with E-state index in [0.29, 0.717) is 36.7 Å². The molecule has 35 heavy (non-hydrogen) atoms. The van der Waals surface area contributed by atoms with Gasteiger partial charge in [0.1, 0.15) is 22.7 Å². The summed E-state index contributed by atoms with van der Waals surface area (Å²) in [6, 6.07) is 15.0. The van der Waals surface area contributed by atoms with Gasteiger partial charge in [-0.15, -0.1) is 0 Å². The van der Waals surface area contributed by atoms with E-state index in [9.17, 15) is 14.4 Å². The quantitative estimate of drug-likeness (QED) is 0.516. The summed E-state index contributed by atoms with van der Waals surface area (Å²) < 4.78 is 12.5. The summed E-state index contributed by atoms with van der Waals surface area (Å²) in [4.78, 5) is 40.1. The van der Waals surface area contributed by atoms with Crippen molar-refractivity contribution in [3.05, 3.63) is 59.8 Å². The van der Waals surface area contributed by atoms with Crippen molar-refractivity contribution in [3.8, 4) is 11.5 Å². The first-order valence-electron chi connectivity index (χ1n) is 11.4. The number of likely N-dealkylation sites (N-methyl/N-ethyl adjacent to an activating group) is 1. The lowest BCUT2D eigenvalue weighted by molar-refractivity contribution is -0.134. The van der Waals surface area contributed by atoms with Gasteiger partial charge in [0.25, 0.3) is 5.91 Å². The summed E-state index contributed by atoms with van der Waals surface area (Å²) in [6.45, 7) is 2.18. The fourth-order valence-electron chi connectivity index (χ4n) is 4.42. The topological polar surface area (TPSA) is 102 Å². The zero-order chi connectivity index (χ0) is 25.2. The van der Waals surface area contributed by atoms with Crippen molar-refractivity contribution in [3.63, 3.8) is 0 Å². The zero-order valence-electron chi connectivity index (χ0n) is 20.4. The Labute approximate surface area is 204 Å². The molecule has 0 bridgehead atoms. The summed E-state index contributed by atoms with van der Waals surface area (Å²) in [5, 5.41) is 6.46. The van der Waals surface area contributed by atoms with E-state index in [4.69, 9.17) is 9.47 Å². The van der Waals surface area contributed by atoms with Gasteiger partial charge in [-0.25, -0.2) is 0 Å². The molecule has 1 aromatic heterocycles. The molecule has 0 unspecified atom stereocenters. The second-order valence-corrected chi connectivity index (χ2v) is 8.77. The number of amides is 3. The molecule has 2 N–H and O–H groups in total. The maximum absolute atomic E-state index is 13.2. The van der Waals surface area contributed by atoms with Gasteiger partial charge in [0.2, 0.25) is 11.8 Å². The summed E-state index contributed by atoms with van der Waals surface area (Å²) >= 11 is 0. The second-order valence-electron chi connectivity index (χ2n) is 8.77. The van der Waals surface area contributed by atoms with E-state index in [1.165, 1.54) is 4.90 Å². The highest BCUT2D eigenvalue weighted by molar-refractivity contribution is 6.03. The Kier molecular flexibility index (Phi) is 6.68. The first-order chi connectivity index (χ1) is 16.8. The zero-order valence-corrected chi connectivity index (χ0v) is 20.4. The van der Waals surface area contributed by atoms with Crippen molar-refractivity contribution in [2.75, 3.05) is 34.4 Å². The molecular formula is C26H30N4O5. The smallest absolute Gasteiger partial charge is 0.271 e. The van der Waals surface area contributed by atoms with Gasteiger partial charge in [-0.3, -0.25) is 14.4 Å². The molecule has 184 valence electrons. The van der Waals surface area contributed by atoms with Crippen molar-refractivity contribution < 1.29 is 23.9 Å². The number of methoxy groups -OCH3 is 2. The number of aromatic nitrogens is 1. The lowest BCUT2D eigenvalue weighted by Crippen LogP contribution is -2.63. The Morgan fingerprint density at radius 2 is 1.83 bits per heavy atom. The maximum atomic E-state index is 13.2. The second kappa shape index (κ2) is 9.69. The molecule has 0 fully saturated rings. The van der Waals surface area contributed by atoms with E-state index in [-0.39, 0.29) is 24.3 Å². The number of carbonyl (C=O) groups excluding carboxylic acids is 3. The lowest BCUT2D eigenvalue weighted by atomic mass is 9.95. The minimum atomic E-state index is -1.14. The van der Waals surface area contributed by atoms with Crippen LogP contribution in [0.1, 0.15) is 23.0 Å². The number of hydrogen-bond donors (Lipinski definition) is 2. The number of rotatable bonds is 8. The molecule has 1 aliphatic heterocycles. The Balaban J connectivity index is 1.37. The van der Waals surface area contributed by atoms with Gasteiger partial charge >= 0.3 is 0 Å². The van der Waals surface area contributed by atoms with Crippen LogP contribution in [0.15, 0.2) is 48.5 Å². The number of hydrogen-bond acceptors (Lipinski definition) is 5. The average Bonchev–Trinajstić information content (AvgIpc) is 3.24. The summed E-state index contributed by atoms with van der Waals surface area (Å²) in [5.41, 5.74) is 1.21. The predicted molar refractivity (Wildman–Crippen MR) is 132 cm³/mol. The van der Waals surface area contributed by atoms with Crippen LogP contribution in [0.3, 0.4) is 0 Å². The van der Waals surface area contributed by atoms with E-state index < -0.39 is 5.54 Å². The number of benzene rings is 2. The van der Waals surface area contributed by atoms with E-state index >= 15 is 0 Å². The monoisotopic (exact) mass is 478 g/mol. The first-order valence-corrected chi connectivity index (χ1v) is 11.4. The van der Waals surface area contributed by atoms with Crippen molar-refractivity contribution in [2.24, 2.45) is 0 Å². The highest BCUT2D eigenvalue weighted by Gasteiger charge is 2.45. The molecule has 1 aliphatic rings. The average molecular weight is 479 g/mol. The van der Waals surface area contributed by atoms with Crippen LogP contribution in [0.2, 0.25) is 0 Å². The molecule has 1 atom stereocenters. The minimum absolute atomic E-state index is 0.190. The lowest BCUT2D eigenvalue weighted by Gasteiger charge is -2.41. The Morgan fingerprint density at radius 3 is 2.57 bits per heavy atom. The SMILES string of the molecule is COc1ccc(OC)c(CCNC(=O)CNC(=O)[C@@]2(C)Cn3c(cc4ccccc43)C(=O)N2C)c1. The summed E-state index contributed by atoms with van der Waals surface area (Å²) in [6.07, 6.45) is 0.540. The fourth-order valence-corrected chi connectivity index (χ4v) is 4.42. The van der Waals surface area contributed by atoms with Crippen molar-refractivity contribution >= 4 is 28.6 Å². The third-order valence-electron chi connectivity index (χ3n) is 6.64. The van der Waals surface area contributed by atoms with Crippen LogP contribution in [0.25, 0.3) is 10.9 Å². The van der Waals surface area contributed by atoms with Crippen molar-refractivity contribution in [1.82, 2.24) is 20.1 Å². The molecule has 2 heterocycles. The number of carbonyl (C=O) groups is 3. The highest BCUT2D eigenvalue weighted by Crippen LogP contribution is 2.31. The Bertz CT molecular complexity index is 1280. The van der Waals surface area contributed by atoms with Crippen LogP contribution in [0, 0.1) is 0 Å². The fraction of sp³-hybridized carbons (Fsp3) is 0.346. The van der Waals surface area contributed by atoms with Crippen molar-refractivity contribution in [2.45, 2.75) is 25.4 Å². The van der Waals surface area contributed by atoms with Crippen LogP contribution in [-0.4, -0.2) is 67.1 Å². The standard InChI is InChI=1S/C26H30N4O5/c1-26(16-30-20-8-6-5-7-17(20)14-21(30)24(32)29(26)2)25(33)28-15-23(31)27-12-11-18-13-19(34-3)9-10-22(18)35-4/h5-10,13-14H,11-12,15-16H2,1-4H3,(H,27,31)(H,28,33)/t26-/m1/s1. The highest BCUT2D eigenvalue weighted by atomic mass is 16.5. The van der Waals surface area contributed by atoms with Crippen LogP contribution in [0.5, 0.6) is 11.5 Å². The van der Waals surface area contributed by atoms with Crippen LogP contribution < -0.4 is 20.1 Å². The normalized spacial score (nSPS) is 17.1. The molecular weight excluding hydrogens is 448 g/mol. The number of para-hydroxylation sites is 1. The number of ether oxygens (including phenoxy) is 2.